The fourth-order valence-corrected chi connectivity index (χ4v) is 3.82. The van der Waals surface area contributed by atoms with Crippen molar-refractivity contribution in [3.8, 4) is 0 Å². The zero-order chi connectivity index (χ0) is 16.4. The van der Waals surface area contributed by atoms with Crippen molar-refractivity contribution >= 4 is 17.2 Å². The SMILES string of the molecule is O=C(c1cscn1)N1CCc2ncc(CN3CCOCC3)n2CC1. The first-order valence-corrected chi connectivity index (χ1v) is 9.26. The zero-order valence-corrected chi connectivity index (χ0v) is 14.4. The number of amides is 1. The number of thiazole rings is 1. The highest BCUT2D eigenvalue weighted by Crippen LogP contribution is 2.16. The van der Waals surface area contributed by atoms with E-state index in [0.717, 1.165) is 51.6 Å². The second-order valence-corrected chi connectivity index (χ2v) is 6.84. The molecule has 2 aromatic heterocycles. The molecule has 8 heteroatoms. The molecule has 0 radical (unpaired) electrons. The summed E-state index contributed by atoms with van der Waals surface area (Å²) >= 11 is 1.46. The minimum Gasteiger partial charge on any atom is -0.379 e. The summed E-state index contributed by atoms with van der Waals surface area (Å²) in [5, 5.41) is 1.82. The lowest BCUT2D eigenvalue weighted by atomic mass is 10.3. The summed E-state index contributed by atoms with van der Waals surface area (Å²) < 4.78 is 7.70. The Kier molecular flexibility index (Phi) is 4.59. The maximum Gasteiger partial charge on any atom is 0.273 e. The monoisotopic (exact) mass is 347 g/mol. The first-order valence-electron chi connectivity index (χ1n) is 8.32. The molecule has 0 saturated carbocycles. The van der Waals surface area contributed by atoms with Gasteiger partial charge in [0.1, 0.15) is 11.5 Å². The molecule has 1 fully saturated rings. The Morgan fingerprint density at radius 3 is 2.83 bits per heavy atom. The fourth-order valence-electron chi connectivity index (χ4n) is 3.29. The van der Waals surface area contributed by atoms with Crippen LogP contribution in [0.1, 0.15) is 22.0 Å². The van der Waals surface area contributed by atoms with Gasteiger partial charge in [0, 0.05) is 57.3 Å². The van der Waals surface area contributed by atoms with Crippen molar-refractivity contribution in [3.05, 3.63) is 34.3 Å². The highest BCUT2D eigenvalue weighted by Gasteiger charge is 2.23. The van der Waals surface area contributed by atoms with Gasteiger partial charge in [0.05, 0.1) is 24.4 Å². The Hall–Kier alpha value is -1.77. The standard InChI is InChI=1S/C16H21N5O2S/c22-16(14-11-24-12-18-14)20-2-1-15-17-9-13(21(15)4-3-20)10-19-5-7-23-8-6-19/h9,11-12H,1-8,10H2. The second kappa shape index (κ2) is 7.00. The van der Waals surface area contributed by atoms with Gasteiger partial charge >= 0.3 is 0 Å². The lowest BCUT2D eigenvalue weighted by Gasteiger charge is -2.27. The summed E-state index contributed by atoms with van der Waals surface area (Å²) in [6, 6.07) is 0. The van der Waals surface area contributed by atoms with Gasteiger partial charge < -0.3 is 14.2 Å². The van der Waals surface area contributed by atoms with Crippen LogP contribution in [0.2, 0.25) is 0 Å². The van der Waals surface area contributed by atoms with E-state index in [2.05, 4.69) is 19.4 Å². The van der Waals surface area contributed by atoms with E-state index in [9.17, 15) is 4.79 Å². The molecule has 4 rings (SSSR count). The van der Waals surface area contributed by atoms with Crippen LogP contribution < -0.4 is 0 Å². The van der Waals surface area contributed by atoms with Crippen LogP contribution in [0, 0.1) is 0 Å². The van der Waals surface area contributed by atoms with Gasteiger partial charge in [0.15, 0.2) is 0 Å². The highest BCUT2D eigenvalue weighted by atomic mass is 32.1. The molecule has 0 atom stereocenters. The van der Waals surface area contributed by atoms with Crippen LogP contribution in [0.15, 0.2) is 17.1 Å². The number of nitrogens with zero attached hydrogens (tertiary/aromatic N) is 5. The molecule has 7 nitrogen and oxygen atoms in total. The Labute approximate surface area is 144 Å². The normalized spacial score (nSPS) is 19.1. The number of hydrogen-bond donors (Lipinski definition) is 0. The smallest absolute Gasteiger partial charge is 0.273 e. The molecule has 1 amide bonds. The van der Waals surface area contributed by atoms with Gasteiger partial charge in [-0.3, -0.25) is 9.69 Å². The maximum absolute atomic E-state index is 12.5. The third-order valence-corrected chi connectivity index (χ3v) is 5.23. The van der Waals surface area contributed by atoms with Crippen LogP contribution in [0.25, 0.3) is 0 Å². The van der Waals surface area contributed by atoms with E-state index >= 15 is 0 Å². The van der Waals surface area contributed by atoms with Crippen molar-refractivity contribution < 1.29 is 9.53 Å². The molecule has 4 heterocycles. The van der Waals surface area contributed by atoms with Crippen molar-refractivity contribution in [1.29, 1.82) is 0 Å². The van der Waals surface area contributed by atoms with Gasteiger partial charge in [-0.25, -0.2) is 9.97 Å². The van der Waals surface area contributed by atoms with Crippen molar-refractivity contribution in [3.63, 3.8) is 0 Å². The number of fused-ring (bicyclic) bond motifs is 1. The van der Waals surface area contributed by atoms with Gasteiger partial charge in [-0.1, -0.05) is 0 Å². The number of ether oxygens (including phenoxy) is 1. The Morgan fingerprint density at radius 2 is 2.04 bits per heavy atom. The van der Waals surface area contributed by atoms with Gasteiger partial charge in [-0.05, 0) is 0 Å². The van der Waals surface area contributed by atoms with E-state index in [1.807, 2.05) is 16.5 Å². The third-order valence-electron chi connectivity index (χ3n) is 4.65. The topological polar surface area (TPSA) is 63.5 Å². The van der Waals surface area contributed by atoms with Crippen LogP contribution in [0.3, 0.4) is 0 Å². The van der Waals surface area contributed by atoms with Crippen molar-refractivity contribution in [1.82, 2.24) is 24.3 Å². The first-order chi connectivity index (χ1) is 11.8. The molecule has 0 aromatic carbocycles. The fraction of sp³-hybridized carbons (Fsp3) is 0.562. The molecule has 0 bridgehead atoms. The molecule has 0 aliphatic carbocycles. The third kappa shape index (κ3) is 3.22. The Morgan fingerprint density at radius 1 is 1.17 bits per heavy atom. The summed E-state index contributed by atoms with van der Waals surface area (Å²) in [4.78, 5) is 25.5. The number of carbonyl (C=O) groups excluding carboxylic acids is 1. The summed E-state index contributed by atoms with van der Waals surface area (Å²) in [6.45, 7) is 6.64. The molecule has 2 aliphatic heterocycles. The molecule has 128 valence electrons. The quantitative estimate of drug-likeness (QED) is 0.824. The molecule has 1 saturated heterocycles. The van der Waals surface area contributed by atoms with Gasteiger partial charge in [0.25, 0.3) is 5.91 Å². The molecular weight excluding hydrogens is 326 g/mol. The van der Waals surface area contributed by atoms with Crippen LogP contribution in [-0.2, 0) is 24.2 Å². The first kappa shape index (κ1) is 15.7. The lowest BCUT2D eigenvalue weighted by molar-refractivity contribution is 0.0331. The summed E-state index contributed by atoms with van der Waals surface area (Å²) in [6.07, 6.45) is 2.78. The number of rotatable bonds is 3. The van der Waals surface area contributed by atoms with E-state index < -0.39 is 0 Å². The number of imidazole rings is 1. The lowest BCUT2D eigenvalue weighted by Crippen LogP contribution is -2.36. The van der Waals surface area contributed by atoms with E-state index in [-0.39, 0.29) is 5.91 Å². The number of carbonyl (C=O) groups is 1. The summed E-state index contributed by atoms with van der Waals surface area (Å²) in [5.41, 5.74) is 3.49. The van der Waals surface area contributed by atoms with E-state index in [4.69, 9.17) is 4.74 Å². The van der Waals surface area contributed by atoms with Crippen LogP contribution in [0.4, 0.5) is 0 Å². The van der Waals surface area contributed by atoms with Crippen molar-refractivity contribution in [2.24, 2.45) is 0 Å². The minimum atomic E-state index is 0.0248. The average Bonchev–Trinajstić information content (AvgIpc) is 3.22. The molecule has 2 aromatic rings. The van der Waals surface area contributed by atoms with Crippen molar-refractivity contribution in [2.45, 2.75) is 19.5 Å². The predicted octanol–water partition coefficient (Wildman–Crippen LogP) is 0.870. The molecule has 0 spiro atoms. The number of morpholine rings is 1. The van der Waals surface area contributed by atoms with Crippen LogP contribution >= 0.6 is 11.3 Å². The van der Waals surface area contributed by atoms with Crippen LogP contribution in [0.5, 0.6) is 0 Å². The van der Waals surface area contributed by atoms with Gasteiger partial charge in [-0.2, -0.15) is 0 Å². The largest absolute Gasteiger partial charge is 0.379 e. The molecule has 24 heavy (non-hydrogen) atoms. The van der Waals surface area contributed by atoms with Gasteiger partial charge in [-0.15, -0.1) is 11.3 Å². The predicted molar refractivity (Wildman–Crippen MR) is 90.0 cm³/mol. The second-order valence-electron chi connectivity index (χ2n) is 6.12. The molecule has 2 aliphatic rings. The Bertz CT molecular complexity index is 693. The van der Waals surface area contributed by atoms with E-state index in [0.29, 0.717) is 18.8 Å². The minimum absolute atomic E-state index is 0.0248. The summed E-state index contributed by atoms with van der Waals surface area (Å²) in [7, 11) is 0. The van der Waals surface area contributed by atoms with E-state index in [1.54, 1.807) is 5.51 Å². The molecule has 0 N–H and O–H groups in total. The Balaban J connectivity index is 1.44. The molecule has 0 unspecified atom stereocenters. The maximum atomic E-state index is 12.5. The average molecular weight is 347 g/mol. The van der Waals surface area contributed by atoms with Gasteiger partial charge in [0.2, 0.25) is 0 Å². The summed E-state index contributed by atoms with van der Waals surface area (Å²) in [5.74, 6) is 1.10. The highest BCUT2D eigenvalue weighted by molar-refractivity contribution is 7.07. The van der Waals surface area contributed by atoms with Crippen LogP contribution in [-0.4, -0.2) is 69.6 Å². The zero-order valence-electron chi connectivity index (χ0n) is 13.6. The number of hydrogen-bond acceptors (Lipinski definition) is 6. The van der Waals surface area contributed by atoms with E-state index in [1.165, 1.54) is 17.0 Å². The van der Waals surface area contributed by atoms with Crippen molar-refractivity contribution in [2.75, 3.05) is 39.4 Å². The number of aromatic nitrogens is 3. The molecular formula is C16H21N5O2S.